The number of hydrogen-bond donors (Lipinski definition) is 1. The molecule has 1 aromatic carbocycles. The Labute approximate surface area is 84.5 Å². The first-order valence-corrected chi connectivity index (χ1v) is 5.72. The zero-order chi connectivity index (χ0) is 10.6. The molecule has 0 unspecified atom stereocenters. The molecular formula is C10H13NO2S. The molecule has 0 aliphatic rings. The van der Waals surface area contributed by atoms with Gasteiger partial charge in [-0.25, -0.2) is 13.1 Å². The summed E-state index contributed by atoms with van der Waals surface area (Å²) in [5.41, 5.74) is 0.923. The van der Waals surface area contributed by atoms with Gasteiger partial charge in [0.15, 0.2) is 0 Å². The van der Waals surface area contributed by atoms with Crippen molar-refractivity contribution >= 4 is 10.0 Å². The number of benzene rings is 1. The van der Waals surface area contributed by atoms with Gasteiger partial charge < -0.3 is 0 Å². The van der Waals surface area contributed by atoms with E-state index in [4.69, 9.17) is 0 Å². The summed E-state index contributed by atoms with van der Waals surface area (Å²) in [5, 5.41) is 0. The van der Waals surface area contributed by atoms with Gasteiger partial charge in [0.1, 0.15) is 0 Å². The Morgan fingerprint density at radius 1 is 1.50 bits per heavy atom. The summed E-state index contributed by atoms with van der Waals surface area (Å²) in [7, 11) is -3.37. The van der Waals surface area contributed by atoms with Crippen LogP contribution in [0.1, 0.15) is 5.56 Å². The van der Waals surface area contributed by atoms with Gasteiger partial charge in [-0.2, -0.15) is 0 Å². The Bertz CT molecular complexity index is 424. The molecule has 0 heterocycles. The minimum Gasteiger partial charge on any atom is -0.207 e. The van der Waals surface area contributed by atoms with Crippen molar-refractivity contribution in [2.45, 2.75) is 11.8 Å². The van der Waals surface area contributed by atoms with Crippen LogP contribution in [0.25, 0.3) is 0 Å². The fourth-order valence-electron chi connectivity index (χ4n) is 1.03. The van der Waals surface area contributed by atoms with Crippen LogP contribution < -0.4 is 4.72 Å². The molecule has 1 N–H and O–H groups in total. The molecule has 0 amide bonds. The largest absolute Gasteiger partial charge is 0.240 e. The van der Waals surface area contributed by atoms with Gasteiger partial charge in [0.25, 0.3) is 0 Å². The van der Waals surface area contributed by atoms with Gasteiger partial charge >= 0.3 is 0 Å². The SMILES string of the molecule is C=CCNS(=O)(=O)c1cccc(C)c1. The fraction of sp³-hybridized carbons (Fsp3) is 0.200. The van der Waals surface area contributed by atoms with Crippen LogP contribution in [-0.2, 0) is 10.0 Å². The van der Waals surface area contributed by atoms with Gasteiger partial charge in [-0.3, -0.25) is 0 Å². The molecule has 0 radical (unpaired) electrons. The molecule has 76 valence electrons. The van der Waals surface area contributed by atoms with Crippen molar-refractivity contribution in [3.8, 4) is 0 Å². The van der Waals surface area contributed by atoms with Gasteiger partial charge in [0.05, 0.1) is 4.90 Å². The highest BCUT2D eigenvalue weighted by molar-refractivity contribution is 7.89. The van der Waals surface area contributed by atoms with E-state index in [0.717, 1.165) is 5.56 Å². The van der Waals surface area contributed by atoms with Crippen molar-refractivity contribution in [3.05, 3.63) is 42.5 Å². The van der Waals surface area contributed by atoms with Crippen molar-refractivity contribution in [1.82, 2.24) is 4.72 Å². The van der Waals surface area contributed by atoms with Crippen LogP contribution in [0.3, 0.4) is 0 Å². The van der Waals surface area contributed by atoms with Gasteiger partial charge in [0, 0.05) is 6.54 Å². The molecule has 3 nitrogen and oxygen atoms in total. The number of hydrogen-bond acceptors (Lipinski definition) is 2. The Morgan fingerprint density at radius 3 is 2.79 bits per heavy atom. The van der Waals surface area contributed by atoms with E-state index in [0.29, 0.717) is 4.90 Å². The lowest BCUT2D eigenvalue weighted by Crippen LogP contribution is -2.23. The second-order valence-electron chi connectivity index (χ2n) is 2.96. The minimum absolute atomic E-state index is 0.246. The molecule has 1 rings (SSSR count). The molecule has 0 bridgehead atoms. The van der Waals surface area contributed by atoms with Crippen LogP contribution in [0.2, 0.25) is 0 Å². The van der Waals surface area contributed by atoms with Gasteiger partial charge in [0.2, 0.25) is 10.0 Å². The molecular weight excluding hydrogens is 198 g/mol. The summed E-state index contributed by atoms with van der Waals surface area (Å²) in [6.45, 7) is 5.55. The molecule has 4 heteroatoms. The third-order valence-corrected chi connectivity index (χ3v) is 3.14. The summed E-state index contributed by atoms with van der Waals surface area (Å²) >= 11 is 0. The molecule has 1 aromatic rings. The third kappa shape index (κ3) is 2.68. The molecule has 0 atom stereocenters. The lowest BCUT2D eigenvalue weighted by Gasteiger charge is -2.04. The molecule has 0 fully saturated rings. The molecule has 14 heavy (non-hydrogen) atoms. The van der Waals surface area contributed by atoms with Crippen molar-refractivity contribution in [2.24, 2.45) is 0 Å². The third-order valence-electron chi connectivity index (χ3n) is 1.72. The van der Waals surface area contributed by atoms with Crippen molar-refractivity contribution in [2.75, 3.05) is 6.54 Å². The average molecular weight is 211 g/mol. The lowest BCUT2D eigenvalue weighted by atomic mass is 10.2. The summed E-state index contributed by atoms with van der Waals surface area (Å²) in [6.07, 6.45) is 1.51. The second-order valence-corrected chi connectivity index (χ2v) is 4.72. The smallest absolute Gasteiger partial charge is 0.207 e. The van der Waals surface area contributed by atoms with Crippen molar-refractivity contribution in [1.29, 1.82) is 0 Å². The maximum Gasteiger partial charge on any atom is 0.240 e. The van der Waals surface area contributed by atoms with Crippen LogP contribution >= 0.6 is 0 Å². The standard InChI is InChI=1S/C10H13NO2S/c1-3-7-11-14(12,13)10-6-4-5-9(2)8-10/h3-6,8,11H,1,7H2,2H3. The van der Waals surface area contributed by atoms with E-state index in [2.05, 4.69) is 11.3 Å². The van der Waals surface area contributed by atoms with Crippen LogP contribution in [0.5, 0.6) is 0 Å². The fourth-order valence-corrected chi connectivity index (χ4v) is 2.14. The molecule has 0 saturated carbocycles. The van der Waals surface area contributed by atoms with E-state index in [1.807, 2.05) is 13.0 Å². The average Bonchev–Trinajstić information content (AvgIpc) is 2.15. The van der Waals surface area contributed by atoms with Gasteiger partial charge in [-0.15, -0.1) is 6.58 Å². The van der Waals surface area contributed by atoms with E-state index in [1.54, 1.807) is 18.2 Å². The van der Waals surface area contributed by atoms with E-state index < -0.39 is 10.0 Å². The molecule has 0 aliphatic heterocycles. The quantitative estimate of drug-likeness (QED) is 0.766. The van der Waals surface area contributed by atoms with Crippen LogP contribution in [0.4, 0.5) is 0 Å². The predicted molar refractivity (Wildman–Crippen MR) is 56.6 cm³/mol. The number of rotatable bonds is 4. The van der Waals surface area contributed by atoms with E-state index in [9.17, 15) is 8.42 Å². The van der Waals surface area contributed by atoms with Crippen LogP contribution in [-0.4, -0.2) is 15.0 Å². The normalized spacial score (nSPS) is 11.2. The van der Waals surface area contributed by atoms with Gasteiger partial charge in [-0.1, -0.05) is 18.2 Å². The van der Waals surface area contributed by atoms with Gasteiger partial charge in [-0.05, 0) is 24.6 Å². The number of nitrogens with one attached hydrogen (secondary N) is 1. The Hall–Kier alpha value is -1.13. The minimum atomic E-state index is -3.37. The lowest BCUT2D eigenvalue weighted by molar-refractivity contribution is 0.585. The second kappa shape index (κ2) is 4.39. The molecule has 0 aromatic heterocycles. The maximum absolute atomic E-state index is 11.6. The first-order valence-electron chi connectivity index (χ1n) is 4.23. The highest BCUT2D eigenvalue weighted by Gasteiger charge is 2.11. The Kier molecular flexibility index (Phi) is 3.43. The zero-order valence-electron chi connectivity index (χ0n) is 8.03. The highest BCUT2D eigenvalue weighted by Crippen LogP contribution is 2.09. The summed E-state index contributed by atoms with van der Waals surface area (Å²) < 4.78 is 25.6. The summed E-state index contributed by atoms with van der Waals surface area (Å²) in [6, 6.07) is 6.77. The van der Waals surface area contributed by atoms with Crippen molar-refractivity contribution in [3.63, 3.8) is 0 Å². The number of sulfonamides is 1. The maximum atomic E-state index is 11.6. The highest BCUT2D eigenvalue weighted by atomic mass is 32.2. The zero-order valence-corrected chi connectivity index (χ0v) is 8.84. The molecule has 0 aliphatic carbocycles. The topological polar surface area (TPSA) is 46.2 Å². The van der Waals surface area contributed by atoms with E-state index >= 15 is 0 Å². The van der Waals surface area contributed by atoms with E-state index in [1.165, 1.54) is 6.08 Å². The van der Waals surface area contributed by atoms with E-state index in [-0.39, 0.29) is 6.54 Å². The predicted octanol–water partition coefficient (Wildman–Crippen LogP) is 1.46. The number of aryl methyl sites for hydroxylation is 1. The first-order chi connectivity index (χ1) is 6.56. The first kappa shape index (κ1) is 10.9. The monoisotopic (exact) mass is 211 g/mol. The van der Waals surface area contributed by atoms with Crippen LogP contribution in [0.15, 0.2) is 41.8 Å². The van der Waals surface area contributed by atoms with Crippen LogP contribution in [0, 0.1) is 6.92 Å². The van der Waals surface area contributed by atoms with Crippen molar-refractivity contribution < 1.29 is 8.42 Å². The summed E-state index contributed by atoms with van der Waals surface area (Å²) in [4.78, 5) is 0.291. The Morgan fingerprint density at radius 2 is 2.21 bits per heavy atom. The summed E-state index contributed by atoms with van der Waals surface area (Å²) in [5.74, 6) is 0. The molecule has 0 saturated heterocycles. The molecule has 0 spiro atoms. The Balaban J connectivity index is 2.98.